The molecule has 1 N–H and O–H groups in total. The lowest BCUT2D eigenvalue weighted by atomic mass is 10.1. The number of nitrogens with one attached hydrogen (secondary N) is 1. The van der Waals surface area contributed by atoms with Crippen LogP contribution >= 0.6 is 0 Å². The fourth-order valence-electron chi connectivity index (χ4n) is 2.50. The highest BCUT2D eigenvalue weighted by atomic mass is 32.2. The maximum absolute atomic E-state index is 12.3. The molecule has 1 atom stereocenters. The second kappa shape index (κ2) is 7.05. The number of hydrogen-bond donors (Lipinski definition) is 1. The van der Waals surface area contributed by atoms with Gasteiger partial charge in [0.25, 0.3) is 5.69 Å². The average molecular weight is 341 g/mol. The Bertz CT molecular complexity index is 698. The van der Waals surface area contributed by atoms with Gasteiger partial charge < -0.3 is 4.90 Å². The molecule has 0 saturated carbocycles. The van der Waals surface area contributed by atoms with E-state index in [1.807, 2.05) is 0 Å². The molecule has 2 rings (SSSR count). The van der Waals surface area contributed by atoms with Crippen LogP contribution in [-0.4, -0.2) is 43.3 Å². The van der Waals surface area contributed by atoms with Crippen molar-refractivity contribution >= 4 is 21.6 Å². The molecule has 1 aliphatic rings. The van der Waals surface area contributed by atoms with Gasteiger partial charge in [-0.25, -0.2) is 8.42 Å². The van der Waals surface area contributed by atoms with Crippen LogP contribution in [-0.2, 0) is 14.8 Å². The standard InChI is InChI=1S/C14H19N3O5S/c1-11(14(18)16-8-3-2-4-9-16)15-23(21,22)13-7-5-6-12(10-13)17(19)20/h5-7,10-11,15H,2-4,8-9H2,1H3/t11-/m0/s1. The first-order valence-electron chi connectivity index (χ1n) is 7.37. The van der Waals surface area contributed by atoms with Crippen molar-refractivity contribution in [3.8, 4) is 0 Å². The van der Waals surface area contributed by atoms with Crippen LogP contribution in [0.25, 0.3) is 0 Å². The summed E-state index contributed by atoms with van der Waals surface area (Å²) in [5.74, 6) is -0.279. The van der Waals surface area contributed by atoms with E-state index in [4.69, 9.17) is 0 Å². The quantitative estimate of drug-likeness (QED) is 0.641. The Morgan fingerprint density at radius 2 is 1.96 bits per heavy atom. The summed E-state index contributed by atoms with van der Waals surface area (Å²) in [5, 5.41) is 10.7. The monoisotopic (exact) mass is 341 g/mol. The molecule has 0 radical (unpaired) electrons. The predicted octanol–water partition coefficient (Wildman–Crippen LogP) is 1.27. The van der Waals surface area contributed by atoms with Crippen LogP contribution in [0.2, 0.25) is 0 Å². The number of nitro groups is 1. The summed E-state index contributed by atoms with van der Waals surface area (Å²) in [5.41, 5.74) is -0.317. The van der Waals surface area contributed by atoms with Crippen LogP contribution < -0.4 is 4.72 Å². The topological polar surface area (TPSA) is 110 Å². The van der Waals surface area contributed by atoms with Gasteiger partial charge in [-0.15, -0.1) is 0 Å². The van der Waals surface area contributed by atoms with Crippen molar-refractivity contribution in [1.29, 1.82) is 0 Å². The van der Waals surface area contributed by atoms with Crippen LogP contribution in [0.1, 0.15) is 26.2 Å². The summed E-state index contributed by atoms with van der Waals surface area (Å²) in [6.07, 6.45) is 2.89. The first-order chi connectivity index (χ1) is 10.8. The number of nitrogens with zero attached hydrogens (tertiary/aromatic N) is 2. The third-order valence-corrected chi connectivity index (χ3v) is 5.25. The number of likely N-dealkylation sites (tertiary alicyclic amines) is 1. The van der Waals surface area contributed by atoms with Crippen molar-refractivity contribution in [3.05, 3.63) is 34.4 Å². The van der Waals surface area contributed by atoms with E-state index in [0.29, 0.717) is 13.1 Å². The molecule has 1 saturated heterocycles. The fourth-order valence-corrected chi connectivity index (χ4v) is 3.74. The zero-order valence-electron chi connectivity index (χ0n) is 12.8. The number of rotatable bonds is 5. The van der Waals surface area contributed by atoms with Crippen molar-refractivity contribution in [3.63, 3.8) is 0 Å². The summed E-state index contributed by atoms with van der Waals surface area (Å²) in [7, 11) is -4.00. The summed E-state index contributed by atoms with van der Waals surface area (Å²) < 4.78 is 26.9. The van der Waals surface area contributed by atoms with Crippen LogP contribution in [0.3, 0.4) is 0 Å². The SMILES string of the molecule is C[C@H](NS(=O)(=O)c1cccc([N+](=O)[O-])c1)C(=O)N1CCCCC1. The first-order valence-corrected chi connectivity index (χ1v) is 8.85. The van der Waals surface area contributed by atoms with Gasteiger partial charge in [-0.2, -0.15) is 4.72 Å². The first kappa shape index (κ1) is 17.4. The molecule has 0 aromatic heterocycles. The van der Waals surface area contributed by atoms with E-state index in [9.17, 15) is 23.3 Å². The minimum Gasteiger partial charge on any atom is -0.341 e. The van der Waals surface area contributed by atoms with Crippen molar-refractivity contribution in [2.24, 2.45) is 0 Å². The van der Waals surface area contributed by atoms with E-state index < -0.39 is 21.0 Å². The van der Waals surface area contributed by atoms with Crippen molar-refractivity contribution in [2.45, 2.75) is 37.1 Å². The Balaban J connectivity index is 2.12. The Hall–Kier alpha value is -2.00. The fraction of sp³-hybridized carbons (Fsp3) is 0.500. The van der Waals surface area contributed by atoms with Gasteiger partial charge in [0, 0.05) is 25.2 Å². The number of carbonyl (C=O) groups is 1. The number of benzene rings is 1. The Labute approximate surface area is 134 Å². The molecule has 126 valence electrons. The van der Waals surface area contributed by atoms with E-state index in [2.05, 4.69) is 4.72 Å². The van der Waals surface area contributed by atoms with E-state index in [-0.39, 0.29) is 16.5 Å². The number of non-ortho nitro benzene ring substituents is 1. The molecule has 1 heterocycles. The van der Waals surface area contributed by atoms with Gasteiger partial charge in [0.05, 0.1) is 15.9 Å². The Morgan fingerprint density at radius 1 is 1.30 bits per heavy atom. The molecular formula is C14H19N3O5S. The summed E-state index contributed by atoms with van der Waals surface area (Å²) in [6.45, 7) is 2.73. The molecule has 0 aliphatic carbocycles. The molecule has 9 heteroatoms. The van der Waals surface area contributed by atoms with Gasteiger partial charge in [-0.05, 0) is 32.3 Å². The highest BCUT2D eigenvalue weighted by Crippen LogP contribution is 2.18. The second-order valence-electron chi connectivity index (χ2n) is 5.48. The van der Waals surface area contributed by atoms with Crippen molar-refractivity contribution < 1.29 is 18.1 Å². The lowest BCUT2D eigenvalue weighted by Gasteiger charge is -2.29. The van der Waals surface area contributed by atoms with Gasteiger partial charge in [-0.1, -0.05) is 6.07 Å². The van der Waals surface area contributed by atoms with Crippen LogP contribution in [0, 0.1) is 10.1 Å². The minimum absolute atomic E-state index is 0.231. The second-order valence-corrected chi connectivity index (χ2v) is 7.20. The highest BCUT2D eigenvalue weighted by molar-refractivity contribution is 7.89. The van der Waals surface area contributed by atoms with Crippen LogP contribution in [0.5, 0.6) is 0 Å². The van der Waals surface area contributed by atoms with Crippen molar-refractivity contribution in [1.82, 2.24) is 9.62 Å². The Morgan fingerprint density at radius 3 is 2.57 bits per heavy atom. The number of sulfonamides is 1. The Kier molecular flexibility index (Phi) is 5.32. The molecule has 0 bridgehead atoms. The summed E-state index contributed by atoms with van der Waals surface area (Å²) in [6, 6.07) is 3.82. The maximum Gasteiger partial charge on any atom is 0.270 e. The molecule has 1 aromatic rings. The molecule has 8 nitrogen and oxygen atoms in total. The predicted molar refractivity (Wildman–Crippen MR) is 83.3 cm³/mol. The number of hydrogen-bond acceptors (Lipinski definition) is 5. The normalized spacial score (nSPS) is 16.8. The lowest BCUT2D eigenvalue weighted by molar-refractivity contribution is -0.385. The molecule has 1 fully saturated rings. The average Bonchev–Trinajstić information content (AvgIpc) is 2.54. The summed E-state index contributed by atoms with van der Waals surface area (Å²) in [4.78, 5) is 23.8. The zero-order valence-corrected chi connectivity index (χ0v) is 13.6. The summed E-state index contributed by atoms with van der Waals surface area (Å²) >= 11 is 0. The minimum atomic E-state index is -4.00. The van der Waals surface area contributed by atoms with Crippen molar-refractivity contribution in [2.75, 3.05) is 13.1 Å². The van der Waals surface area contributed by atoms with Gasteiger partial charge in [0.1, 0.15) is 0 Å². The van der Waals surface area contributed by atoms with E-state index in [0.717, 1.165) is 25.3 Å². The number of nitro benzene ring substituents is 1. The molecule has 1 aliphatic heterocycles. The molecule has 23 heavy (non-hydrogen) atoms. The van der Waals surface area contributed by atoms with Gasteiger partial charge in [0.15, 0.2) is 0 Å². The van der Waals surface area contributed by atoms with Gasteiger partial charge >= 0.3 is 0 Å². The number of amides is 1. The number of piperidine rings is 1. The molecule has 1 aromatic carbocycles. The molecular weight excluding hydrogens is 322 g/mol. The zero-order chi connectivity index (χ0) is 17.0. The van der Waals surface area contributed by atoms with E-state index >= 15 is 0 Å². The third kappa shape index (κ3) is 4.26. The van der Waals surface area contributed by atoms with E-state index in [1.54, 1.807) is 4.90 Å². The highest BCUT2D eigenvalue weighted by Gasteiger charge is 2.27. The largest absolute Gasteiger partial charge is 0.341 e. The molecule has 0 unspecified atom stereocenters. The van der Waals surface area contributed by atoms with Crippen LogP contribution in [0.4, 0.5) is 5.69 Å². The van der Waals surface area contributed by atoms with Crippen LogP contribution in [0.15, 0.2) is 29.2 Å². The van der Waals surface area contributed by atoms with E-state index in [1.165, 1.54) is 25.1 Å². The molecule has 0 spiro atoms. The molecule has 1 amide bonds. The lowest BCUT2D eigenvalue weighted by Crippen LogP contribution is -2.48. The third-order valence-electron chi connectivity index (χ3n) is 3.71. The smallest absolute Gasteiger partial charge is 0.270 e. The van der Waals surface area contributed by atoms with Gasteiger partial charge in [0.2, 0.25) is 15.9 Å². The number of carbonyl (C=O) groups excluding carboxylic acids is 1. The maximum atomic E-state index is 12.3. The van der Waals surface area contributed by atoms with Gasteiger partial charge in [-0.3, -0.25) is 14.9 Å².